The van der Waals surface area contributed by atoms with E-state index < -0.39 is 0 Å². The predicted molar refractivity (Wildman–Crippen MR) is 121 cm³/mol. The maximum Gasteiger partial charge on any atom is 0.193 e. The van der Waals surface area contributed by atoms with Crippen LogP contribution in [0.5, 0.6) is 5.75 Å². The summed E-state index contributed by atoms with van der Waals surface area (Å²) in [5.74, 6) is 2.05. The first-order chi connectivity index (χ1) is 13.7. The first-order valence-electron chi connectivity index (χ1n) is 9.57. The fourth-order valence-electron chi connectivity index (χ4n) is 3.16. The molecular weight excluding hydrogens is 488 g/mol. The molecule has 0 bridgehead atoms. The summed E-state index contributed by atoms with van der Waals surface area (Å²) in [6, 6.07) is 8.85. The summed E-state index contributed by atoms with van der Waals surface area (Å²) >= 11 is 0. The second kappa shape index (κ2) is 12.0. The van der Waals surface area contributed by atoms with E-state index in [-0.39, 0.29) is 35.5 Å². The molecule has 1 aliphatic rings. The molecule has 3 rings (SSSR count). The Labute approximate surface area is 188 Å². The van der Waals surface area contributed by atoms with Crippen LogP contribution < -0.4 is 10.1 Å². The molecule has 0 radical (unpaired) electrons. The molecule has 1 fully saturated rings. The van der Waals surface area contributed by atoms with Crippen LogP contribution in [0, 0.1) is 11.7 Å². The molecule has 0 amide bonds. The van der Waals surface area contributed by atoms with E-state index in [0.717, 1.165) is 43.3 Å². The van der Waals surface area contributed by atoms with E-state index in [9.17, 15) is 4.39 Å². The van der Waals surface area contributed by atoms with Crippen LogP contribution in [-0.4, -0.2) is 51.3 Å². The van der Waals surface area contributed by atoms with Crippen molar-refractivity contribution >= 4 is 29.9 Å². The lowest BCUT2D eigenvalue weighted by molar-refractivity contribution is 0.187. The summed E-state index contributed by atoms with van der Waals surface area (Å²) in [7, 11) is 3.41. The van der Waals surface area contributed by atoms with Crippen LogP contribution in [0.15, 0.2) is 46.0 Å². The Morgan fingerprint density at radius 3 is 2.90 bits per heavy atom. The Balaban J connectivity index is 0.00000300. The van der Waals surface area contributed by atoms with Gasteiger partial charge in [-0.15, -0.1) is 24.0 Å². The van der Waals surface area contributed by atoms with Gasteiger partial charge in [-0.05, 0) is 36.2 Å². The molecule has 1 saturated heterocycles. The van der Waals surface area contributed by atoms with Crippen molar-refractivity contribution in [2.24, 2.45) is 10.9 Å². The normalized spacial score (nSPS) is 16.4. The number of nitrogens with one attached hydrogen (secondary N) is 1. The van der Waals surface area contributed by atoms with Crippen molar-refractivity contribution in [3.63, 3.8) is 0 Å². The van der Waals surface area contributed by atoms with Gasteiger partial charge >= 0.3 is 0 Å². The molecule has 1 aromatic carbocycles. The van der Waals surface area contributed by atoms with Crippen LogP contribution in [0.25, 0.3) is 0 Å². The van der Waals surface area contributed by atoms with E-state index in [2.05, 4.69) is 5.32 Å². The third kappa shape index (κ3) is 7.18. The standard InChI is InChI=1S/C21H28FN3O3.HI/c1-25(14-16-5-6-20(26-2)19(22)12-16)21(24-13-17-8-11-27-15-17)23-9-7-18-4-3-10-28-18;/h3-6,10,12,17H,7-9,11,13-15H2,1-2H3,(H,23,24);1H. The number of benzene rings is 1. The maximum absolute atomic E-state index is 14.0. The molecule has 2 heterocycles. The van der Waals surface area contributed by atoms with Crippen LogP contribution in [-0.2, 0) is 17.7 Å². The first kappa shape index (κ1) is 23.5. The SMILES string of the molecule is COc1ccc(CN(C)C(=NCC2CCOC2)NCCc2ccco2)cc1F.I. The van der Waals surface area contributed by atoms with E-state index in [1.54, 1.807) is 12.3 Å². The van der Waals surface area contributed by atoms with Gasteiger partial charge in [-0.3, -0.25) is 4.99 Å². The summed E-state index contributed by atoms with van der Waals surface area (Å²) in [4.78, 5) is 6.78. The molecule has 6 nitrogen and oxygen atoms in total. The number of hydrogen-bond donors (Lipinski definition) is 1. The Bertz CT molecular complexity index is 765. The second-order valence-corrected chi connectivity index (χ2v) is 6.98. The van der Waals surface area contributed by atoms with E-state index in [0.29, 0.717) is 25.6 Å². The van der Waals surface area contributed by atoms with Crippen LogP contribution >= 0.6 is 24.0 Å². The van der Waals surface area contributed by atoms with Crippen LogP contribution in [0.1, 0.15) is 17.7 Å². The topological polar surface area (TPSA) is 59.2 Å². The van der Waals surface area contributed by atoms with Gasteiger partial charge in [0, 0.05) is 45.6 Å². The maximum atomic E-state index is 14.0. The number of guanidine groups is 1. The third-order valence-electron chi connectivity index (χ3n) is 4.76. The molecule has 160 valence electrons. The van der Waals surface area contributed by atoms with Gasteiger partial charge in [0.1, 0.15) is 5.76 Å². The molecule has 2 aromatic rings. The molecule has 0 saturated carbocycles. The Morgan fingerprint density at radius 1 is 1.38 bits per heavy atom. The Hall–Kier alpha value is -1.81. The van der Waals surface area contributed by atoms with E-state index in [4.69, 9.17) is 18.9 Å². The van der Waals surface area contributed by atoms with E-state index >= 15 is 0 Å². The zero-order chi connectivity index (χ0) is 19.8. The number of rotatable bonds is 8. The lowest BCUT2D eigenvalue weighted by atomic mass is 10.1. The number of ether oxygens (including phenoxy) is 2. The number of aliphatic imine (C=N–C) groups is 1. The van der Waals surface area contributed by atoms with Gasteiger partial charge in [0.25, 0.3) is 0 Å². The number of halogens is 2. The minimum absolute atomic E-state index is 0. The van der Waals surface area contributed by atoms with Gasteiger partial charge in [-0.25, -0.2) is 4.39 Å². The Kier molecular flexibility index (Phi) is 9.72. The van der Waals surface area contributed by atoms with Crippen LogP contribution in [0.3, 0.4) is 0 Å². The van der Waals surface area contributed by atoms with Gasteiger partial charge in [-0.2, -0.15) is 0 Å². The molecule has 1 aliphatic heterocycles. The van der Waals surface area contributed by atoms with Crippen molar-refractivity contribution in [3.8, 4) is 5.75 Å². The highest BCUT2D eigenvalue weighted by Gasteiger charge is 2.16. The molecule has 0 aliphatic carbocycles. The summed E-state index contributed by atoms with van der Waals surface area (Å²) in [5, 5.41) is 3.40. The molecule has 0 spiro atoms. The number of furan rings is 1. The van der Waals surface area contributed by atoms with Crippen molar-refractivity contribution in [2.45, 2.75) is 19.4 Å². The minimum Gasteiger partial charge on any atom is -0.494 e. The summed E-state index contributed by atoms with van der Waals surface area (Å²) in [5.41, 5.74) is 0.852. The fourth-order valence-corrected chi connectivity index (χ4v) is 3.16. The number of nitrogens with zero attached hydrogens (tertiary/aromatic N) is 2. The summed E-state index contributed by atoms with van der Waals surface area (Å²) in [6.07, 6.45) is 3.48. The van der Waals surface area contributed by atoms with Gasteiger partial charge in [0.05, 0.1) is 20.0 Å². The van der Waals surface area contributed by atoms with Gasteiger partial charge in [-0.1, -0.05) is 6.07 Å². The van der Waals surface area contributed by atoms with Crippen molar-refractivity contribution in [2.75, 3.05) is 40.5 Å². The predicted octanol–water partition coefficient (Wildman–Crippen LogP) is 3.70. The highest BCUT2D eigenvalue weighted by molar-refractivity contribution is 14.0. The monoisotopic (exact) mass is 517 g/mol. The smallest absolute Gasteiger partial charge is 0.193 e. The molecule has 1 unspecified atom stereocenters. The Morgan fingerprint density at radius 2 is 2.24 bits per heavy atom. The minimum atomic E-state index is -0.360. The molecule has 1 atom stereocenters. The molecule has 8 heteroatoms. The first-order valence-corrected chi connectivity index (χ1v) is 9.57. The fraction of sp³-hybridized carbons (Fsp3) is 0.476. The van der Waals surface area contributed by atoms with Gasteiger partial charge in [0.2, 0.25) is 0 Å². The van der Waals surface area contributed by atoms with Crippen molar-refractivity contribution in [3.05, 3.63) is 53.7 Å². The highest BCUT2D eigenvalue weighted by Crippen LogP contribution is 2.18. The lowest BCUT2D eigenvalue weighted by Crippen LogP contribution is -2.40. The quantitative estimate of drug-likeness (QED) is 0.329. The largest absolute Gasteiger partial charge is 0.494 e. The zero-order valence-electron chi connectivity index (χ0n) is 16.9. The molecule has 29 heavy (non-hydrogen) atoms. The molecule has 1 N–H and O–H groups in total. The summed E-state index contributed by atoms with van der Waals surface area (Å²) < 4.78 is 29.8. The highest BCUT2D eigenvalue weighted by atomic mass is 127. The lowest BCUT2D eigenvalue weighted by Gasteiger charge is -2.23. The van der Waals surface area contributed by atoms with Crippen LogP contribution in [0.2, 0.25) is 0 Å². The average Bonchev–Trinajstić information content (AvgIpc) is 3.38. The van der Waals surface area contributed by atoms with Gasteiger partial charge in [0.15, 0.2) is 17.5 Å². The molecular formula is C21H29FIN3O3. The summed E-state index contributed by atoms with van der Waals surface area (Å²) in [6.45, 7) is 3.52. The van der Waals surface area contributed by atoms with E-state index in [1.807, 2.05) is 30.1 Å². The second-order valence-electron chi connectivity index (χ2n) is 6.98. The zero-order valence-corrected chi connectivity index (χ0v) is 19.2. The number of methoxy groups -OCH3 is 1. The van der Waals surface area contributed by atoms with Crippen LogP contribution in [0.4, 0.5) is 4.39 Å². The van der Waals surface area contributed by atoms with Crippen molar-refractivity contribution in [1.29, 1.82) is 0 Å². The molecule has 1 aromatic heterocycles. The number of hydrogen-bond acceptors (Lipinski definition) is 4. The third-order valence-corrected chi connectivity index (χ3v) is 4.76. The average molecular weight is 517 g/mol. The van der Waals surface area contributed by atoms with E-state index in [1.165, 1.54) is 13.2 Å². The van der Waals surface area contributed by atoms with Gasteiger partial charge < -0.3 is 24.1 Å². The van der Waals surface area contributed by atoms with Crippen molar-refractivity contribution in [1.82, 2.24) is 10.2 Å². The van der Waals surface area contributed by atoms with Crippen molar-refractivity contribution < 1.29 is 18.3 Å².